The molecule has 0 atom stereocenters. The third-order valence-corrected chi connectivity index (χ3v) is 2.75. The van der Waals surface area contributed by atoms with Crippen LogP contribution in [0.1, 0.15) is 15.9 Å². The van der Waals surface area contributed by atoms with Gasteiger partial charge >= 0.3 is 0 Å². The van der Waals surface area contributed by atoms with Crippen LogP contribution in [0.2, 0.25) is 0 Å². The Morgan fingerprint density at radius 1 is 1.14 bits per heavy atom. The molecule has 0 heterocycles. The minimum absolute atomic E-state index is 0.279. The maximum atomic E-state index is 11.8. The van der Waals surface area contributed by atoms with Crippen LogP contribution in [0.25, 0.3) is 6.08 Å². The van der Waals surface area contributed by atoms with Crippen molar-refractivity contribution in [2.24, 2.45) is 5.10 Å². The summed E-state index contributed by atoms with van der Waals surface area (Å²) >= 11 is 0. The average molecular weight is 280 g/mol. The first kappa shape index (κ1) is 14.5. The van der Waals surface area contributed by atoms with Crippen molar-refractivity contribution in [3.63, 3.8) is 0 Å². The molecule has 0 radical (unpaired) electrons. The number of carbonyl (C=O) groups excluding carboxylic acids is 1. The third-order valence-electron chi connectivity index (χ3n) is 2.75. The number of amides is 1. The van der Waals surface area contributed by atoms with Gasteiger partial charge in [0.1, 0.15) is 5.75 Å². The Hall–Kier alpha value is -2.88. The van der Waals surface area contributed by atoms with Crippen molar-refractivity contribution >= 4 is 18.2 Å². The number of ether oxygens (including phenoxy) is 1. The normalized spacial score (nSPS) is 10.9. The first-order valence-corrected chi connectivity index (χ1v) is 6.49. The quantitative estimate of drug-likeness (QED) is 0.675. The van der Waals surface area contributed by atoms with Crippen molar-refractivity contribution in [2.45, 2.75) is 0 Å². The molecule has 0 bridgehead atoms. The van der Waals surface area contributed by atoms with Gasteiger partial charge in [-0.05, 0) is 29.8 Å². The second kappa shape index (κ2) is 7.65. The third kappa shape index (κ3) is 4.62. The molecule has 0 saturated carbocycles. The molecule has 2 aromatic carbocycles. The lowest BCUT2D eigenvalue weighted by Crippen LogP contribution is -2.17. The lowest BCUT2D eigenvalue weighted by Gasteiger charge is -2.02. The number of rotatable bonds is 5. The van der Waals surface area contributed by atoms with Crippen LogP contribution in [-0.2, 0) is 0 Å². The monoisotopic (exact) mass is 280 g/mol. The summed E-state index contributed by atoms with van der Waals surface area (Å²) in [6.07, 6.45) is 5.20. The molecule has 1 amide bonds. The van der Waals surface area contributed by atoms with Crippen molar-refractivity contribution in [1.82, 2.24) is 5.43 Å². The van der Waals surface area contributed by atoms with Crippen LogP contribution in [0.4, 0.5) is 0 Å². The van der Waals surface area contributed by atoms with Gasteiger partial charge in [-0.25, -0.2) is 5.43 Å². The van der Waals surface area contributed by atoms with Gasteiger partial charge in [0.25, 0.3) is 5.91 Å². The van der Waals surface area contributed by atoms with Crippen LogP contribution in [0, 0.1) is 0 Å². The molecular weight excluding hydrogens is 264 g/mol. The Morgan fingerprint density at radius 3 is 2.71 bits per heavy atom. The van der Waals surface area contributed by atoms with E-state index in [2.05, 4.69) is 10.5 Å². The van der Waals surface area contributed by atoms with Gasteiger partial charge in [-0.3, -0.25) is 4.79 Å². The van der Waals surface area contributed by atoms with Crippen LogP contribution in [0.15, 0.2) is 65.8 Å². The van der Waals surface area contributed by atoms with Gasteiger partial charge in [-0.1, -0.05) is 42.5 Å². The molecular formula is C17H16N2O2. The number of hydrogen-bond donors (Lipinski definition) is 1. The molecule has 2 rings (SSSR count). The fourth-order valence-corrected chi connectivity index (χ4v) is 1.69. The van der Waals surface area contributed by atoms with Crippen LogP contribution < -0.4 is 10.2 Å². The summed E-state index contributed by atoms with van der Waals surface area (Å²) in [6.45, 7) is 0. The summed E-state index contributed by atoms with van der Waals surface area (Å²) in [4.78, 5) is 11.8. The van der Waals surface area contributed by atoms with E-state index in [0.717, 1.165) is 5.56 Å². The van der Waals surface area contributed by atoms with Gasteiger partial charge in [0.2, 0.25) is 0 Å². The number of allylic oxidation sites excluding steroid dienone is 1. The SMILES string of the molecule is COc1cccc(C(=O)NN=CC=Cc2ccccc2)c1. The Bertz CT molecular complexity index is 649. The molecule has 0 saturated heterocycles. The number of nitrogens with zero attached hydrogens (tertiary/aromatic N) is 1. The van der Waals surface area contributed by atoms with E-state index in [1.807, 2.05) is 36.4 Å². The molecule has 0 aliphatic heterocycles. The number of benzene rings is 2. The maximum absolute atomic E-state index is 11.8. The van der Waals surface area contributed by atoms with Gasteiger partial charge < -0.3 is 4.74 Å². The van der Waals surface area contributed by atoms with Crippen molar-refractivity contribution in [3.8, 4) is 5.75 Å². The van der Waals surface area contributed by atoms with Gasteiger partial charge in [-0.2, -0.15) is 5.10 Å². The number of methoxy groups -OCH3 is 1. The first-order chi connectivity index (χ1) is 10.3. The van der Waals surface area contributed by atoms with Gasteiger partial charge in [0, 0.05) is 11.8 Å². The standard InChI is InChI=1S/C17H16N2O2/c1-21-16-11-5-10-15(13-16)17(20)19-18-12-6-9-14-7-3-2-4-8-14/h2-13H,1H3,(H,19,20). The van der Waals surface area contributed by atoms with Crippen LogP contribution in [0.5, 0.6) is 5.75 Å². The zero-order valence-electron chi connectivity index (χ0n) is 11.7. The van der Waals surface area contributed by atoms with E-state index in [4.69, 9.17) is 4.74 Å². The molecule has 21 heavy (non-hydrogen) atoms. The van der Waals surface area contributed by atoms with Crippen molar-refractivity contribution in [2.75, 3.05) is 7.11 Å². The van der Waals surface area contributed by atoms with Gasteiger partial charge in [-0.15, -0.1) is 0 Å². The van der Waals surface area contributed by atoms with E-state index in [1.54, 1.807) is 37.5 Å². The minimum Gasteiger partial charge on any atom is -0.497 e. The highest BCUT2D eigenvalue weighted by atomic mass is 16.5. The van der Waals surface area contributed by atoms with Crippen molar-refractivity contribution in [3.05, 3.63) is 71.8 Å². The van der Waals surface area contributed by atoms with E-state index < -0.39 is 0 Å². The van der Waals surface area contributed by atoms with E-state index in [-0.39, 0.29) is 5.91 Å². The first-order valence-electron chi connectivity index (χ1n) is 6.49. The largest absolute Gasteiger partial charge is 0.497 e. The van der Waals surface area contributed by atoms with E-state index in [1.165, 1.54) is 6.21 Å². The highest BCUT2D eigenvalue weighted by Crippen LogP contribution is 2.12. The molecule has 4 heteroatoms. The van der Waals surface area contributed by atoms with Crippen LogP contribution in [0.3, 0.4) is 0 Å². The topological polar surface area (TPSA) is 50.7 Å². The summed E-state index contributed by atoms with van der Waals surface area (Å²) in [5.41, 5.74) is 4.03. The lowest BCUT2D eigenvalue weighted by molar-refractivity contribution is 0.0955. The molecule has 4 nitrogen and oxygen atoms in total. The summed E-state index contributed by atoms with van der Waals surface area (Å²) in [5, 5.41) is 3.87. The Kier molecular flexibility index (Phi) is 5.29. The van der Waals surface area contributed by atoms with E-state index in [9.17, 15) is 4.79 Å². The second-order valence-corrected chi connectivity index (χ2v) is 4.22. The number of hydrogen-bond acceptors (Lipinski definition) is 3. The summed E-state index contributed by atoms with van der Waals surface area (Å²) in [7, 11) is 1.56. The fraction of sp³-hybridized carbons (Fsp3) is 0.0588. The molecule has 0 spiro atoms. The molecule has 0 aliphatic carbocycles. The van der Waals surface area contributed by atoms with Crippen LogP contribution >= 0.6 is 0 Å². The number of hydrazone groups is 1. The summed E-state index contributed by atoms with van der Waals surface area (Å²) in [6, 6.07) is 16.7. The summed E-state index contributed by atoms with van der Waals surface area (Å²) < 4.78 is 5.07. The van der Waals surface area contributed by atoms with Crippen molar-refractivity contribution in [1.29, 1.82) is 0 Å². The molecule has 0 aliphatic rings. The lowest BCUT2D eigenvalue weighted by atomic mass is 10.2. The van der Waals surface area contributed by atoms with Gasteiger partial charge in [0.05, 0.1) is 7.11 Å². The fourth-order valence-electron chi connectivity index (χ4n) is 1.69. The second-order valence-electron chi connectivity index (χ2n) is 4.22. The Balaban J connectivity index is 1.88. The zero-order valence-corrected chi connectivity index (χ0v) is 11.7. The van der Waals surface area contributed by atoms with Gasteiger partial charge in [0.15, 0.2) is 0 Å². The Labute approximate surface area is 123 Å². The predicted octanol–water partition coefficient (Wildman–Crippen LogP) is 3.12. The smallest absolute Gasteiger partial charge is 0.271 e. The molecule has 2 aromatic rings. The molecule has 1 N–H and O–H groups in total. The van der Waals surface area contributed by atoms with Crippen molar-refractivity contribution < 1.29 is 9.53 Å². The molecule has 0 unspecified atom stereocenters. The highest BCUT2D eigenvalue weighted by Gasteiger charge is 2.04. The molecule has 0 fully saturated rings. The van der Waals surface area contributed by atoms with E-state index in [0.29, 0.717) is 11.3 Å². The number of nitrogens with one attached hydrogen (secondary N) is 1. The molecule has 0 aromatic heterocycles. The minimum atomic E-state index is -0.279. The predicted molar refractivity (Wildman–Crippen MR) is 84.4 cm³/mol. The highest BCUT2D eigenvalue weighted by molar-refractivity contribution is 5.95. The summed E-state index contributed by atoms with van der Waals surface area (Å²) in [5.74, 6) is 0.355. The Morgan fingerprint density at radius 2 is 1.95 bits per heavy atom. The van der Waals surface area contributed by atoms with Crippen LogP contribution in [-0.4, -0.2) is 19.2 Å². The van der Waals surface area contributed by atoms with E-state index >= 15 is 0 Å². The zero-order chi connectivity index (χ0) is 14.9. The maximum Gasteiger partial charge on any atom is 0.271 e. The molecule has 106 valence electrons. The number of carbonyl (C=O) groups is 1. The average Bonchev–Trinajstić information content (AvgIpc) is 2.55.